The number of Topliss-reactive ketones (excluding diaryl/α,β-unsaturated/α-hetero) is 1. The molecular formula is C30H42N6O5. The first-order valence-corrected chi connectivity index (χ1v) is 14.5. The van der Waals surface area contributed by atoms with Gasteiger partial charge in [-0.15, -0.1) is 0 Å². The largest absolute Gasteiger partial charge is 0.461 e. The number of nitrogens with one attached hydrogen (secondary N) is 2. The number of aryl methyl sites for hydroxylation is 1. The Bertz CT molecular complexity index is 1320. The Morgan fingerprint density at radius 2 is 1.88 bits per heavy atom. The van der Waals surface area contributed by atoms with Crippen LogP contribution in [0.3, 0.4) is 0 Å². The zero-order valence-corrected chi connectivity index (χ0v) is 24.4. The maximum absolute atomic E-state index is 13.0. The molecule has 0 aliphatic heterocycles. The summed E-state index contributed by atoms with van der Waals surface area (Å²) in [5.74, 6) is -1.17. The second-order valence-electron chi connectivity index (χ2n) is 12.0. The number of benzene rings is 1. The van der Waals surface area contributed by atoms with Gasteiger partial charge in [-0.2, -0.15) is 5.10 Å². The lowest BCUT2D eigenvalue weighted by molar-refractivity contribution is -0.154. The average Bonchev–Trinajstić information content (AvgIpc) is 3.27. The molecule has 4 rings (SSSR count). The number of esters is 1. The Kier molecular flexibility index (Phi) is 9.16. The number of fused-ring (bicyclic) bond motifs is 1. The van der Waals surface area contributed by atoms with Gasteiger partial charge in [-0.1, -0.05) is 20.8 Å². The molecular weight excluding hydrogens is 524 g/mol. The lowest BCUT2D eigenvalue weighted by atomic mass is 9.75. The first-order valence-electron chi connectivity index (χ1n) is 14.5. The van der Waals surface area contributed by atoms with Gasteiger partial charge in [-0.25, -0.2) is 9.48 Å². The fourth-order valence-electron chi connectivity index (χ4n) is 5.80. The number of primary amides is 1. The number of aromatic nitrogens is 2. The van der Waals surface area contributed by atoms with Crippen molar-refractivity contribution in [3.8, 4) is 5.69 Å². The predicted molar refractivity (Wildman–Crippen MR) is 155 cm³/mol. The van der Waals surface area contributed by atoms with Gasteiger partial charge in [0.1, 0.15) is 12.1 Å². The van der Waals surface area contributed by atoms with Crippen molar-refractivity contribution < 1.29 is 23.9 Å². The van der Waals surface area contributed by atoms with Crippen molar-refractivity contribution in [2.24, 2.45) is 16.9 Å². The number of ketones is 1. The summed E-state index contributed by atoms with van der Waals surface area (Å²) in [7, 11) is 0. The first kappa shape index (κ1) is 30.2. The van der Waals surface area contributed by atoms with Gasteiger partial charge >= 0.3 is 5.97 Å². The highest BCUT2D eigenvalue weighted by Crippen LogP contribution is 2.38. The van der Waals surface area contributed by atoms with Crippen LogP contribution in [0.15, 0.2) is 18.2 Å². The highest BCUT2D eigenvalue weighted by molar-refractivity contribution is 6.00. The van der Waals surface area contributed by atoms with E-state index in [9.17, 15) is 19.2 Å². The van der Waals surface area contributed by atoms with Crippen LogP contribution in [0.25, 0.3) is 5.69 Å². The Morgan fingerprint density at radius 3 is 2.51 bits per heavy atom. The molecule has 41 heavy (non-hydrogen) atoms. The molecule has 0 unspecified atom stereocenters. The van der Waals surface area contributed by atoms with Crippen molar-refractivity contribution in [3.63, 3.8) is 0 Å². The Morgan fingerprint density at radius 1 is 1.17 bits per heavy atom. The smallest absolute Gasteiger partial charge is 0.328 e. The van der Waals surface area contributed by atoms with Crippen molar-refractivity contribution >= 4 is 29.3 Å². The molecule has 1 heterocycles. The number of anilines is 1. The number of carbonyl (C=O) groups excluding carboxylic acids is 4. The van der Waals surface area contributed by atoms with Crippen LogP contribution in [-0.4, -0.2) is 58.1 Å². The summed E-state index contributed by atoms with van der Waals surface area (Å²) >= 11 is 0. The van der Waals surface area contributed by atoms with Crippen LogP contribution < -0.4 is 22.1 Å². The van der Waals surface area contributed by atoms with Gasteiger partial charge in [0, 0.05) is 31.1 Å². The van der Waals surface area contributed by atoms with Crippen molar-refractivity contribution in [1.29, 1.82) is 0 Å². The molecule has 6 N–H and O–H groups in total. The van der Waals surface area contributed by atoms with Crippen LogP contribution in [0.5, 0.6) is 0 Å². The maximum atomic E-state index is 13.0. The van der Waals surface area contributed by atoms with E-state index < -0.39 is 17.9 Å². The van der Waals surface area contributed by atoms with Crippen molar-refractivity contribution in [2.45, 2.75) is 97.2 Å². The molecule has 1 atom stereocenters. The molecule has 0 spiro atoms. The third kappa shape index (κ3) is 6.95. The molecule has 1 aromatic heterocycles. The molecule has 2 aromatic rings. The van der Waals surface area contributed by atoms with Gasteiger partial charge in [0.2, 0.25) is 5.91 Å². The molecule has 2 aliphatic carbocycles. The van der Waals surface area contributed by atoms with E-state index in [4.69, 9.17) is 21.3 Å². The van der Waals surface area contributed by atoms with E-state index in [1.165, 1.54) is 0 Å². The zero-order valence-electron chi connectivity index (χ0n) is 24.4. The molecule has 0 radical (unpaired) electrons. The highest BCUT2D eigenvalue weighted by atomic mass is 16.5. The van der Waals surface area contributed by atoms with Crippen LogP contribution in [0.2, 0.25) is 0 Å². The number of amides is 2. The third-order valence-electron chi connectivity index (χ3n) is 7.88. The Hall–Kier alpha value is -3.73. The van der Waals surface area contributed by atoms with Crippen LogP contribution in [0, 0.1) is 5.41 Å². The van der Waals surface area contributed by atoms with Crippen LogP contribution in [0.1, 0.15) is 98.3 Å². The van der Waals surface area contributed by atoms with Crippen molar-refractivity contribution in [1.82, 2.24) is 15.1 Å². The molecule has 1 fully saturated rings. The van der Waals surface area contributed by atoms with Crippen molar-refractivity contribution in [3.05, 3.63) is 40.7 Å². The monoisotopic (exact) mass is 566 g/mol. The quantitative estimate of drug-likeness (QED) is 0.318. The minimum Gasteiger partial charge on any atom is -0.461 e. The van der Waals surface area contributed by atoms with E-state index in [2.05, 4.69) is 24.5 Å². The van der Waals surface area contributed by atoms with Gasteiger partial charge in [0.05, 0.1) is 28.2 Å². The van der Waals surface area contributed by atoms with Crippen LogP contribution in [-0.2, 0) is 27.2 Å². The van der Waals surface area contributed by atoms with Crippen LogP contribution >= 0.6 is 0 Å². The molecule has 0 bridgehead atoms. The zero-order chi connectivity index (χ0) is 29.9. The SMILES string of the molecule is CCc1nn(-c2ccc(C(N)=O)c(N[C@H]3CC[C@H](OC(=O)[C@H](C)NC(=O)CCN)CC3)c2)c2c1C(=O)CC(C)(C)C2. The predicted octanol–water partition coefficient (Wildman–Crippen LogP) is 2.81. The topological polar surface area (TPSA) is 171 Å². The van der Waals surface area contributed by atoms with E-state index in [-0.39, 0.29) is 42.2 Å². The summed E-state index contributed by atoms with van der Waals surface area (Å²) in [6, 6.07) is 4.68. The third-order valence-corrected chi connectivity index (χ3v) is 7.88. The summed E-state index contributed by atoms with van der Waals surface area (Å²) < 4.78 is 7.47. The second kappa shape index (κ2) is 12.4. The molecule has 11 heteroatoms. The van der Waals surface area contributed by atoms with Crippen LogP contribution in [0.4, 0.5) is 5.69 Å². The molecule has 1 saturated carbocycles. The Labute approximate surface area is 240 Å². The minimum absolute atomic E-state index is 0.0400. The summed E-state index contributed by atoms with van der Waals surface area (Å²) in [5, 5.41) is 10.9. The average molecular weight is 567 g/mol. The van der Waals surface area contributed by atoms with Gasteiger partial charge in [-0.05, 0) is 69.1 Å². The molecule has 222 valence electrons. The Balaban J connectivity index is 1.48. The summed E-state index contributed by atoms with van der Waals surface area (Å²) in [4.78, 5) is 49.5. The number of hydrogen-bond acceptors (Lipinski definition) is 8. The number of rotatable bonds is 10. The van der Waals surface area contributed by atoms with E-state index in [0.717, 1.165) is 29.1 Å². The summed E-state index contributed by atoms with van der Waals surface area (Å²) in [6.45, 7) is 7.99. The number of nitrogens with two attached hydrogens (primary N) is 2. The highest BCUT2D eigenvalue weighted by Gasteiger charge is 2.36. The fraction of sp³-hybridized carbons (Fsp3) is 0.567. The van der Waals surface area contributed by atoms with Gasteiger partial charge in [0.25, 0.3) is 5.91 Å². The summed E-state index contributed by atoms with van der Waals surface area (Å²) in [6.07, 6.45) is 4.48. The molecule has 11 nitrogen and oxygen atoms in total. The number of carbonyl (C=O) groups is 4. The second-order valence-corrected chi connectivity index (χ2v) is 12.0. The lowest BCUT2D eigenvalue weighted by Crippen LogP contribution is -2.42. The number of nitrogens with zero attached hydrogens (tertiary/aromatic N) is 2. The van der Waals surface area contributed by atoms with E-state index in [0.29, 0.717) is 49.8 Å². The normalized spacial score (nSPS) is 20.6. The van der Waals surface area contributed by atoms with Crippen molar-refractivity contribution in [2.75, 3.05) is 11.9 Å². The lowest BCUT2D eigenvalue weighted by Gasteiger charge is -2.31. The van der Waals surface area contributed by atoms with E-state index in [1.807, 2.05) is 23.7 Å². The maximum Gasteiger partial charge on any atom is 0.328 e. The first-order chi connectivity index (χ1) is 19.4. The molecule has 2 aliphatic rings. The fourth-order valence-corrected chi connectivity index (χ4v) is 5.80. The molecule has 2 amide bonds. The summed E-state index contributed by atoms with van der Waals surface area (Å²) in [5.41, 5.74) is 15.1. The van der Waals surface area contributed by atoms with Gasteiger partial charge in [0.15, 0.2) is 5.78 Å². The number of ether oxygens (including phenoxy) is 1. The van der Waals surface area contributed by atoms with Gasteiger partial charge in [-0.3, -0.25) is 14.4 Å². The van der Waals surface area contributed by atoms with E-state index in [1.54, 1.807) is 13.0 Å². The molecule has 0 saturated heterocycles. The standard InChI is InChI=1S/C30H42N6O5/c1-5-22-27-24(15-30(3,4)16-25(27)37)36(35-22)19-8-11-21(28(32)39)23(14-19)34-18-6-9-20(10-7-18)41-29(40)17(2)33-26(38)12-13-31/h8,11,14,17-18,20,34H,5-7,9-10,12-13,15-16,31H2,1-4H3,(H2,32,39)(H,33,38)/t17-,18-,20-/m0/s1. The van der Waals surface area contributed by atoms with E-state index >= 15 is 0 Å². The molecule has 1 aromatic carbocycles. The minimum atomic E-state index is -0.743. The number of hydrogen-bond donors (Lipinski definition) is 4. The van der Waals surface area contributed by atoms with Gasteiger partial charge < -0.3 is 26.8 Å².